The minimum Gasteiger partial charge on any atom is -0.277 e. The first-order chi connectivity index (χ1) is 7.31. The van der Waals surface area contributed by atoms with E-state index in [1.54, 1.807) is 0 Å². The van der Waals surface area contributed by atoms with E-state index in [9.17, 15) is 0 Å². The molecule has 0 aliphatic carbocycles. The second-order valence-corrected chi connectivity index (χ2v) is 4.70. The van der Waals surface area contributed by atoms with Gasteiger partial charge in [-0.15, -0.1) is 0 Å². The molecule has 2 nitrogen and oxygen atoms in total. The van der Waals surface area contributed by atoms with Crippen LogP contribution in [-0.4, -0.2) is 10.2 Å². The minimum absolute atomic E-state index is 1.11. The lowest BCUT2D eigenvalue weighted by atomic mass is 10.1. The zero-order valence-corrected chi connectivity index (χ0v) is 10.8. The molecule has 78 valence electrons. The van der Waals surface area contributed by atoms with E-state index in [-0.39, 0.29) is 0 Å². The van der Waals surface area contributed by atoms with Crippen LogP contribution in [0.1, 0.15) is 18.9 Å². The molecule has 0 fully saturated rings. The van der Waals surface area contributed by atoms with Crippen molar-refractivity contribution in [3.8, 4) is 11.3 Å². The second-order valence-electron chi connectivity index (χ2n) is 3.54. The highest BCUT2D eigenvalue weighted by Gasteiger charge is 2.04. The third-order valence-corrected chi connectivity index (χ3v) is 3.19. The van der Waals surface area contributed by atoms with Crippen molar-refractivity contribution in [2.24, 2.45) is 0 Å². The van der Waals surface area contributed by atoms with Gasteiger partial charge in [-0.3, -0.25) is 5.10 Å². The fourth-order valence-electron chi connectivity index (χ4n) is 1.60. The molecule has 1 heterocycles. The number of hydrogen-bond acceptors (Lipinski definition) is 1. The summed E-state index contributed by atoms with van der Waals surface area (Å²) in [7, 11) is 0. The number of rotatable bonds is 3. The predicted octanol–water partition coefficient (Wildman–Crippen LogP) is 3.63. The summed E-state index contributed by atoms with van der Waals surface area (Å²) in [4.78, 5) is 0. The molecule has 0 aliphatic heterocycles. The Kier molecular flexibility index (Phi) is 3.41. The van der Waals surface area contributed by atoms with Crippen LogP contribution in [-0.2, 0) is 6.42 Å². The van der Waals surface area contributed by atoms with Gasteiger partial charge in [-0.2, -0.15) is 5.10 Å². The first kappa shape index (κ1) is 10.7. The molecule has 3 heteroatoms. The molecule has 1 aromatic heterocycles. The zero-order valence-electron chi connectivity index (χ0n) is 8.63. The normalized spacial score (nSPS) is 10.5. The van der Waals surface area contributed by atoms with Gasteiger partial charge in [0, 0.05) is 5.56 Å². The van der Waals surface area contributed by atoms with Crippen molar-refractivity contribution >= 4 is 22.6 Å². The van der Waals surface area contributed by atoms with E-state index in [0.717, 1.165) is 15.7 Å². The highest BCUT2D eigenvalue weighted by Crippen LogP contribution is 2.22. The average molecular weight is 312 g/mol. The summed E-state index contributed by atoms with van der Waals surface area (Å²) in [6.45, 7) is 2.20. The van der Waals surface area contributed by atoms with Crippen molar-refractivity contribution in [3.63, 3.8) is 0 Å². The number of aromatic nitrogens is 2. The van der Waals surface area contributed by atoms with Gasteiger partial charge in [-0.25, -0.2) is 0 Å². The number of halogens is 1. The van der Waals surface area contributed by atoms with Crippen molar-refractivity contribution in [3.05, 3.63) is 39.6 Å². The summed E-state index contributed by atoms with van der Waals surface area (Å²) in [5, 5.41) is 7.04. The molecule has 0 saturated carbocycles. The molecule has 0 atom stereocenters. The van der Waals surface area contributed by atoms with Crippen LogP contribution in [0.2, 0.25) is 0 Å². The Bertz CT molecular complexity index is 431. The quantitative estimate of drug-likeness (QED) is 0.861. The van der Waals surface area contributed by atoms with Crippen LogP contribution in [0.15, 0.2) is 30.5 Å². The maximum atomic E-state index is 4.02. The van der Waals surface area contributed by atoms with Gasteiger partial charge in [0.15, 0.2) is 0 Å². The van der Waals surface area contributed by atoms with Gasteiger partial charge in [0.25, 0.3) is 0 Å². The highest BCUT2D eigenvalue weighted by molar-refractivity contribution is 14.1. The van der Waals surface area contributed by atoms with Crippen LogP contribution >= 0.6 is 22.6 Å². The Morgan fingerprint density at radius 2 is 2.00 bits per heavy atom. The predicted molar refractivity (Wildman–Crippen MR) is 70.7 cm³/mol. The molecule has 0 spiro atoms. The number of aryl methyl sites for hydroxylation is 1. The number of aromatic amines is 1. The van der Waals surface area contributed by atoms with E-state index >= 15 is 0 Å². The Balaban J connectivity index is 2.28. The lowest BCUT2D eigenvalue weighted by Gasteiger charge is -2.01. The molecular formula is C12H13IN2. The molecule has 0 radical (unpaired) electrons. The van der Waals surface area contributed by atoms with Gasteiger partial charge in [-0.1, -0.05) is 37.6 Å². The number of nitrogens with zero attached hydrogens (tertiary/aromatic N) is 1. The Hall–Kier alpha value is -0.840. The standard InChI is InChI=1S/C12H13IN2/c1-2-3-9-4-6-10(7-5-9)12-11(13)8-14-15-12/h4-8H,2-3H2,1H3,(H,14,15). The average Bonchev–Trinajstić information content (AvgIpc) is 2.66. The molecular weight excluding hydrogens is 299 g/mol. The van der Waals surface area contributed by atoms with Gasteiger partial charge < -0.3 is 0 Å². The molecule has 15 heavy (non-hydrogen) atoms. The maximum Gasteiger partial charge on any atom is 0.0783 e. The van der Waals surface area contributed by atoms with Crippen LogP contribution in [0.25, 0.3) is 11.3 Å². The SMILES string of the molecule is CCCc1ccc(-c2[nH]ncc2I)cc1. The summed E-state index contributed by atoms with van der Waals surface area (Å²) < 4.78 is 1.16. The highest BCUT2D eigenvalue weighted by atomic mass is 127. The van der Waals surface area contributed by atoms with Crippen LogP contribution in [0.3, 0.4) is 0 Å². The third-order valence-electron chi connectivity index (χ3n) is 2.37. The van der Waals surface area contributed by atoms with Crippen molar-refractivity contribution in [2.45, 2.75) is 19.8 Å². The van der Waals surface area contributed by atoms with E-state index in [1.165, 1.54) is 17.5 Å². The lowest BCUT2D eigenvalue weighted by Crippen LogP contribution is -1.85. The van der Waals surface area contributed by atoms with E-state index in [2.05, 4.69) is 64.0 Å². The molecule has 1 N–H and O–H groups in total. The summed E-state index contributed by atoms with van der Waals surface area (Å²) >= 11 is 2.29. The van der Waals surface area contributed by atoms with E-state index in [1.807, 2.05) is 6.20 Å². The molecule has 1 aromatic carbocycles. The molecule has 0 aliphatic rings. The van der Waals surface area contributed by atoms with Gasteiger partial charge in [0.05, 0.1) is 15.5 Å². The fraction of sp³-hybridized carbons (Fsp3) is 0.250. The fourth-order valence-corrected chi connectivity index (χ4v) is 2.17. The maximum absolute atomic E-state index is 4.02. The molecule has 0 saturated heterocycles. The van der Waals surface area contributed by atoms with Crippen LogP contribution in [0, 0.1) is 3.57 Å². The summed E-state index contributed by atoms with van der Waals surface area (Å²) in [5.41, 5.74) is 3.71. The summed E-state index contributed by atoms with van der Waals surface area (Å²) in [6, 6.07) is 8.69. The first-order valence-electron chi connectivity index (χ1n) is 5.09. The van der Waals surface area contributed by atoms with Crippen molar-refractivity contribution in [1.29, 1.82) is 0 Å². The Morgan fingerprint density at radius 3 is 2.53 bits per heavy atom. The van der Waals surface area contributed by atoms with Crippen LogP contribution in [0.5, 0.6) is 0 Å². The van der Waals surface area contributed by atoms with Gasteiger partial charge in [-0.05, 0) is 34.6 Å². The summed E-state index contributed by atoms with van der Waals surface area (Å²) in [6.07, 6.45) is 4.19. The van der Waals surface area contributed by atoms with Crippen LogP contribution in [0.4, 0.5) is 0 Å². The van der Waals surface area contributed by atoms with E-state index < -0.39 is 0 Å². The largest absolute Gasteiger partial charge is 0.277 e. The second kappa shape index (κ2) is 4.79. The van der Waals surface area contributed by atoms with E-state index in [0.29, 0.717) is 0 Å². The lowest BCUT2D eigenvalue weighted by molar-refractivity contribution is 0.922. The number of nitrogens with one attached hydrogen (secondary N) is 1. The first-order valence-corrected chi connectivity index (χ1v) is 6.17. The number of H-pyrrole nitrogens is 1. The third kappa shape index (κ3) is 2.40. The topological polar surface area (TPSA) is 28.7 Å². The number of benzene rings is 1. The molecule has 0 bridgehead atoms. The van der Waals surface area contributed by atoms with Gasteiger partial charge in [0.2, 0.25) is 0 Å². The zero-order chi connectivity index (χ0) is 10.7. The van der Waals surface area contributed by atoms with E-state index in [4.69, 9.17) is 0 Å². The van der Waals surface area contributed by atoms with Gasteiger partial charge >= 0.3 is 0 Å². The van der Waals surface area contributed by atoms with Gasteiger partial charge in [0.1, 0.15) is 0 Å². The van der Waals surface area contributed by atoms with Crippen molar-refractivity contribution < 1.29 is 0 Å². The molecule has 0 amide bonds. The van der Waals surface area contributed by atoms with Crippen molar-refractivity contribution in [2.75, 3.05) is 0 Å². The minimum atomic E-state index is 1.11. The monoisotopic (exact) mass is 312 g/mol. The Morgan fingerprint density at radius 1 is 1.27 bits per heavy atom. The molecule has 2 aromatic rings. The molecule has 0 unspecified atom stereocenters. The smallest absolute Gasteiger partial charge is 0.0783 e. The molecule has 2 rings (SSSR count). The number of hydrogen-bond donors (Lipinski definition) is 1. The van der Waals surface area contributed by atoms with Crippen molar-refractivity contribution in [1.82, 2.24) is 10.2 Å². The van der Waals surface area contributed by atoms with Crippen LogP contribution < -0.4 is 0 Å². The summed E-state index contributed by atoms with van der Waals surface area (Å²) in [5.74, 6) is 0. The Labute approximate surface area is 103 Å².